The van der Waals surface area contributed by atoms with E-state index in [1.807, 2.05) is 0 Å². The van der Waals surface area contributed by atoms with Gasteiger partial charge in [0.1, 0.15) is 0 Å². The molecule has 2 aromatic carbocycles. The molecule has 0 aliphatic rings. The molecule has 4 N–H and O–H groups in total. The van der Waals surface area contributed by atoms with Crippen molar-refractivity contribution >= 4 is 23.7 Å². The Morgan fingerprint density at radius 1 is 0.852 bits per heavy atom. The molecular weight excluding hydrogens is 352 g/mol. The Hall–Kier alpha value is -3.74. The first-order chi connectivity index (χ1) is 12.8. The Kier molecular flexibility index (Phi) is 6.22. The summed E-state index contributed by atoms with van der Waals surface area (Å²) in [7, 11) is 1.33. The number of phenolic OH excluding ortho intramolecular Hbond substituents is 4. The molecule has 0 saturated carbocycles. The number of aromatic hydroxyl groups is 4. The Balaban J connectivity index is 1.99. The molecule has 0 amide bonds. The highest BCUT2D eigenvalue weighted by atomic mass is 16.5. The van der Waals surface area contributed by atoms with Crippen LogP contribution >= 0.6 is 0 Å². The largest absolute Gasteiger partial charge is 0.504 e. The van der Waals surface area contributed by atoms with Gasteiger partial charge in [-0.25, -0.2) is 0 Å². The van der Waals surface area contributed by atoms with Crippen LogP contribution in [-0.2, 0) is 9.59 Å². The van der Waals surface area contributed by atoms with E-state index in [2.05, 4.69) is 0 Å². The van der Waals surface area contributed by atoms with Crippen molar-refractivity contribution < 1.29 is 34.8 Å². The Morgan fingerprint density at radius 3 is 2.04 bits per heavy atom. The quantitative estimate of drug-likeness (QED) is 0.335. The third-order valence-corrected chi connectivity index (χ3v) is 3.57. The van der Waals surface area contributed by atoms with Crippen molar-refractivity contribution in [1.82, 2.24) is 0 Å². The summed E-state index contributed by atoms with van der Waals surface area (Å²) in [6, 6.07) is 6.75. The monoisotopic (exact) mass is 370 g/mol. The number of carbonyl (C=O) groups excluding carboxylic acids is 2. The predicted molar refractivity (Wildman–Crippen MR) is 98.8 cm³/mol. The third kappa shape index (κ3) is 5.37. The number of hydrogen-bond acceptors (Lipinski definition) is 7. The summed E-state index contributed by atoms with van der Waals surface area (Å²) in [5.74, 6) is -2.21. The van der Waals surface area contributed by atoms with Crippen molar-refractivity contribution in [3.8, 4) is 28.7 Å². The van der Waals surface area contributed by atoms with E-state index in [0.29, 0.717) is 11.1 Å². The van der Waals surface area contributed by atoms with Crippen LogP contribution in [0.5, 0.6) is 28.7 Å². The molecule has 0 bridgehead atoms. The zero-order valence-electron chi connectivity index (χ0n) is 14.4. The lowest BCUT2D eigenvalue weighted by Crippen LogP contribution is -2.01. The summed E-state index contributed by atoms with van der Waals surface area (Å²) in [5, 5.41) is 37.8. The standard InChI is InChI=1S/C20H18O7/c1-27-19-10-13(9-18(25)20(19)26)3-6-15(22)11-14(21)5-2-12-4-7-16(23)17(24)8-12/h2-10,23-26H,11H2,1H3/b5-2+,6-3+. The maximum atomic E-state index is 11.9. The number of rotatable bonds is 7. The SMILES string of the molecule is COc1cc(/C=C/C(=O)CC(=O)/C=C/c2ccc(O)c(O)c2)cc(O)c1O. The molecule has 0 aliphatic carbocycles. The molecular formula is C20H18O7. The first kappa shape index (κ1) is 19.6. The first-order valence-electron chi connectivity index (χ1n) is 7.84. The zero-order chi connectivity index (χ0) is 20.0. The van der Waals surface area contributed by atoms with Gasteiger partial charge in [-0.2, -0.15) is 0 Å². The van der Waals surface area contributed by atoms with Gasteiger partial charge in [0.25, 0.3) is 0 Å². The summed E-state index contributed by atoms with van der Waals surface area (Å²) in [6.07, 6.45) is 4.83. The van der Waals surface area contributed by atoms with E-state index in [-0.39, 0.29) is 23.7 Å². The number of ketones is 2. The van der Waals surface area contributed by atoms with E-state index >= 15 is 0 Å². The molecule has 0 heterocycles. The number of ether oxygens (including phenoxy) is 1. The molecule has 7 nitrogen and oxygen atoms in total. The molecule has 140 valence electrons. The highest BCUT2D eigenvalue weighted by Gasteiger charge is 2.09. The number of benzene rings is 2. The van der Waals surface area contributed by atoms with Gasteiger partial charge < -0.3 is 25.2 Å². The van der Waals surface area contributed by atoms with Crippen molar-refractivity contribution in [3.05, 3.63) is 53.6 Å². The molecule has 27 heavy (non-hydrogen) atoms. The number of carbonyl (C=O) groups is 2. The third-order valence-electron chi connectivity index (χ3n) is 3.57. The topological polar surface area (TPSA) is 124 Å². The van der Waals surface area contributed by atoms with Crippen molar-refractivity contribution in [2.24, 2.45) is 0 Å². The maximum Gasteiger partial charge on any atom is 0.200 e. The molecule has 0 aliphatic heterocycles. The van der Waals surface area contributed by atoms with Gasteiger partial charge in [0.05, 0.1) is 13.5 Å². The van der Waals surface area contributed by atoms with Crippen LogP contribution in [0, 0.1) is 0 Å². The van der Waals surface area contributed by atoms with E-state index < -0.39 is 23.1 Å². The number of hydrogen-bond donors (Lipinski definition) is 4. The van der Waals surface area contributed by atoms with Gasteiger partial charge in [0, 0.05) is 0 Å². The van der Waals surface area contributed by atoms with Crippen LogP contribution in [0.2, 0.25) is 0 Å². The molecule has 0 aromatic heterocycles. The molecule has 2 aromatic rings. The molecule has 0 unspecified atom stereocenters. The summed E-state index contributed by atoms with van der Waals surface area (Å²) in [6.45, 7) is 0. The normalized spacial score (nSPS) is 11.1. The number of phenols is 4. The predicted octanol–water partition coefficient (Wildman–Crippen LogP) is 2.77. The highest BCUT2D eigenvalue weighted by molar-refractivity contribution is 6.10. The fraction of sp³-hybridized carbons (Fsp3) is 0.100. The second kappa shape index (κ2) is 8.57. The minimum Gasteiger partial charge on any atom is -0.504 e. The number of allylic oxidation sites excluding steroid dienone is 2. The fourth-order valence-electron chi connectivity index (χ4n) is 2.18. The summed E-state index contributed by atoms with van der Waals surface area (Å²) in [4.78, 5) is 23.7. The van der Waals surface area contributed by atoms with Gasteiger partial charge in [-0.1, -0.05) is 18.2 Å². The molecule has 0 fully saturated rings. The summed E-state index contributed by atoms with van der Waals surface area (Å²) in [5.41, 5.74) is 0.909. The van der Waals surface area contributed by atoms with Crippen LogP contribution in [0.3, 0.4) is 0 Å². The van der Waals surface area contributed by atoms with Gasteiger partial charge >= 0.3 is 0 Å². The lowest BCUT2D eigenvalue weighted by atomic mass is 10.1. The van der Waals surface area contributed by atoms with Crippen molar-refractivity contribution in [3.63, 3.8) is 0 Å². The Labute approximate surface area is 155 Å². The van der Waals surface area contributed by atoms with Crippen LogP contribution in [0.25, 0.3) is 12.2 Å². The van der Waals surface area contributed by atoms with Crippen LogP contribution in [-0.4, -0.2) is 39.1 Å². The molecule has 0 spiro atoms. The van der Waals surface area contributed by atoms with Gasteiger partial charge in [-0.05, 0) is 47.5 Å². The zero-order valence-corrected chi connectivity index (χ0v) is 14.4. The highest BCUT2D eigenvalue weighted by Crippen LogP contribution is 2.36. The van der Waals surface area contributed by atoms with E-state index in [0.717, 1.165) is 0 Å². The van der Waals surface area contributed by atoms with E-state index in [1.54, 1.807) is 0 Å². The van der Waals surface area contributed by atoms with Gasteiger partial charge in [-0.3, -0.25) is 9.59 Å². The van der Waals surface area contributed by atoms with Crippen LogP contribution in [0.1, 0.15) is 17.5 Å². The molecule has 2 rings (SSSR count). The fourth-order valence-corrected chi connectivity index (χ4v) is 2.18. The second-order valence-electron chi connectivity index (χ2n) is 5.62. The van der Waals surface area contributed by atoms with Crippen molar-refractivity contribution in [2.75, 3.05) is 7.11 Å². The molecule has 0 saturated heterocycles. The minimum atomic E-state index is -0.454. The van der Waals surface area contributed by atoms with Gasteiger partial charge in [0.2, 0.25) is 5.75 Å². The lowest BCUT2D eigenvalue weighted by molar-refractivity contribution is -0.121. The first-order valence-corrected chi connectivity index (χ1v) is 7.84. The van der Waals surface area contributed by atoms with Gasteiger partial charge in [-0.15, -0.1) is 0 Å². The Morgan fingerprint density at radius 2 is 1.44 bits per heavy atom. The summed E-state index contributed by atoms with van der Waals surface area (Å²) >= 11 is 0. The van der Waals surface area contributed by atoms with Crippen molar-refractivity contribution in [1.29, 1.82) is 0 Å². The second-order valence-corrected chi connectivity index (χ2v) is 5.62. The average molecular weight is 370 g/mol. The van der Waals surface area contributed by atoms with E-state index in [4.69, 9.17) is 4.74 Å². The van der Waals surface area contributed by atoms with Gasteiger partial charge in [0.15, 0.2) is 34.6 Å². The minimum absolute atomic E-state index is 0.0539. The number of methoxy groups -OCH3 is 1. The van der Waals surface area contributed by atoms with Crippen LogP contribution in [0.15, 0.2) is 42.5 Å². The van der Waals surface area contributed by atoms with E-state index in [1.165, 1.54) is 61.7 Å². The average Bonchev–Trinajstić information content (AvgIpc) is 2.63. The molecule has 0 radical (unpaired) electrons. The molecule has 7 heteroatoms. The maximum absolute atomic E-state index is 11.9. The Bertz CT molecular complexity index is 926. The lowest BCUT2D eigenvalue weighted by Gasteiger charge is -2.06. The van der Waals surface area contributed by atoms with Crippen molar-refractivity contribution in [2.45, 2.75) is 6.42 Å². The smallest absolute Gasteiger partial charge is 0.200 e. The van der Waals surface area contributed by atoms with Crippen LogP contribution < -0.4 is 4.74 Å². The van der Waals surface area contributed by atoms with Crippen LogP contribution in [0.4, 0.5) is 0 Å². The molecule has 0 atom stereocenters. The van der Waals surface area contributed by atoms with E-state index in [9.17, 15) is 30.0 Å². The summed E-state index contributed by atoms with van der Waals surface area (Å²) < 4.78 is 4.90.